The number of alkyl halides is 4. The second-order valence-corrected chi connectivity index (χ2v) is 3.99. The summed E-state index contributed by atoms with van der Waals surface area (Å²) < 4.78 is 53.7. The van der Waals surface area contributed by atoms with Gasteiger partial charge in [0.2, 0.25) is 0 Å². The van der Waals surface area contributed by atoms with E-state index in [0.29, 0.717) is 5.69 Å². The molecule has 1 atom stereocenters. The Morgan fingerprint density at radius 2 is 1.71 bits per heavy atom. The minimum atomic E-state index is -5.12. The van der Waals surface area contributed by atoms with Gasteiger partial charge in [-0.2, -0.15) is 17.6 Å². The highest BCUT2D eigenvalue weighted by molar-refractivity contribution is 5.65. The van der Waals surface area contributed by atoms with E-state index in [9.17, 15) is 17.6 Å². The number of aliphatic hydroxyl groups excluding tert-OH is 2. The smallest absolute Gasteiger partial charge is 0.450 e. The fourth-order valence-electron chi connectivity index (χ4n) is 1.45. The maximum atomic E-state index is 12.9. The van der Waals surface area contributed by atoms with Crippen LogP contribution in [-0.2, 0) is 0 Å². The number of nitrogens with one attached hydrogen (secondary N) is 2. The van der Waals surface area contributed by atoms with E-state index in [1.54, 1.807) is 0 Å². The van der Waals surface area contributed by atoms with E-state index in [2.05, 4.69) is 15.4 Å². The molecule has 0 spiro atoms. The van der Waals surface area contributed by atoms with Crippen molar-refractivity contribution in [3.63, 3.8) is 0 Å². The molecule has 4 N–H and O–H groups in total. The normalized spacial score (nSPS) is 12.9. The van der Waals surface area contributed by atoms with Crippen molar-refractivity contribution in [3.8, 4) is 5.75 Å². The lowest BCUT2D eigenvalue weighted by Gasteiger charge is -2.18. The summed E-state index contributed by atoms with van der Waals surface area (Å²) in [4.78, 5) is 0. The second-order valence-electron chi connectivity index (χ2n) is 3.99. The van der Waals surface area contributed by atoms with Gasteiger partial charge in [0.05, 0.1) is 18.9 Å². The number of anilines is 2. The van der Waals surface area contributed by atoms with E-state index < -0.39 is 12.5 Å². The topological polar surface area (TPSA) is 73.8 Å². The zero-order valence-electron chi connectivity index (χ0n) is 11.0. The third-order valence-electron chi connectivity index (χ3n) is 2.34. The van der Waals surface area contributed by atoms with Gasteiger partial charge in [-0.05, 0) is 18.2 Å². The van der Waals surface area contributed by atoms with Crippen LogP contribution in [0.3, 0.4) is 0 Å². The van der Waals surface area contributed by atoms with Crippen molar-refractivity contribution >= 4 is 11.4 Å². The molecule has 9 heteroatoms. The average molecular weight is 312 g/mol. The number of ether oxygens (including phenoxy) is 1. The lowest BCUT2D eigenvalue weighted by atomic mass is 10.2. The largest absolute Gasteiger partial charge is 0.457 e. The molecule has 0 saturated carbocycles. The summed E-state index contributed by atoms with van der Waals surface area (Å²) in [5, 5.41) is 22.8. The summed E-state index contributed by atoms with van der Waals surface area (Å²) in [6.07, 6.45) is -8.56. The molecule has 0 aromatic heterocycles. The van der Waals surface area contributed by atoms with Crippen LogP contribution >= 0.6 is 0 Å². The fourth-order valence-corrected chi connectivity index (χ4v) is 1.45. The molecule has 1 aromatic carbocycles. The molecule has 0 radical (unpaired) electrons. The van der Waals surface area contributed by atoms with Crippen molar-refractivity contribution in [1.29, 1.82) is 0 Å². The summed E-state index contributed by atoms with van der Waals surface area (Å²) in [6.45, 7) is -0.0823. The van der Waals surface area contributed by atoms with Gasteiger partial charge in [0.15, 0.2) is 0 Å². The third-order valence-corrected chi connectivity index (χ3v) is 2.34. The van der Waals surface area contributed by atoms with Gasteiger partial charge in [0, 0.05) is 18.8 Å². The van der Waals surface area contributed by atoms with E-state index in [1.807, 2.05) is 0 Å². The molecule has 0 aliphatic carbocycles. The van der Waals surface area contributed by atoms with Crippen LogP contribution in [0.2, 0.25) is 0 Å². The van der Waals surface area contributed by atoms with Crippen molar-refractivity contribution in [2.75, 3.05) is 36.9 Å². The van der Waals surface area contributed by atoms with Crippen LogP contribution in [0.25, 0.3) is 0 Å². The van der Waals surface area contributed by atoms with Crippen LogP contribution < -0.4 is 15.4 Å². The first-order chi connectivity index (χ1) is 9.88. The predicted molar refractivity (Wildman–Crippen MR) is 69.2 cm³/mol. The van der Waals surface area contributed by atoms with Crippen molar-refractivity contribution < 1.29 is 32.5 Å². The molecular formula is C12H16F4N2O3. The van der Waals surface area contributed by atoms with Crippen LogP contribution in [0.5, 0.6) is 5.75 Å². The standard InChI is InChI=1S/C12H16F4N2O3/c13-11(12(14,15)16)21-10-2-1-8(17-3-5-19)7-9(10)18-4-6-20/h1-2,7,11,17-20H,3-6H2. The number of benzene rings is 1. The molecule has 0 fully saturated rings. The molecule has 0 bridgehead atoms. The Balaban J connectivity index is 2.90. The highest BCUT2D eigenvalue weighted by Gasteiger charge is 2.42. The van der Waals surface area contributed by atoms with Crippen LogP contribution in [0.4, 0.5) is 28.9 Å². The first kappa shape index (κ1) is 17.3. The molecule has 0 amide bonds. The molecule has 0 heterocycles. The van der Waals surface area contributed by atoms with Gasteiger partial charge >= 0.3 is 12.5 Å². The highest BCUT2D eigenvalue weighted by Crippen LogP contribution is 2.32. The molecule has 5 nitrogen and oxygen atoms in total. The quantitative estimate of drug-likeness (QED) is 0.550. The highest BCUT2D eigenvalue weighted by atomic mass is 19.4. The summed E-state index contributed by atoms with van der Waals surface area (Å²) in [7, 11) is 0. The van der Waals surface area contributed by atoms with Crippen LogP contribution in [0, 0.1) is 0 Å². The van der Waals surface area contributed by atoms with Gasteiger partial charge in [0.25, 0.3) is 0 Å². The Hall–Kier alpha value is -1.74. The van der Waals surface area contributed by atoms with Gasteiger partial charge in [-0.3, -0.25) is 0 Å². The summed E-state index contributed by atoms with van der Waals surface area (Å²) in [5.74, 6) is -0.331. The van der Waals surface area contributed by atoms with Crippen LogP contribution in [-0.4, -0.2) is 49.1 Å². The summed E-state index contributed by atoms with van der Waals surface area (Å²) >= 11 is 0. The predicted octanol–water partition coefficient (Wildman–Crippen LogP) is 1.73. The molecule has 1 aromatic rings. The summed E-state index contributed by atoms with van der Waals surface area (Å²) in [6, 6.07) is 3.94. The number of halogens is 4. The molecule has 21 heavy (non-hydrogen) atoms. The summed E-state index contributed by atoms with van der Waals surface area (Å²) in [5.41, 5.74) is 0.596. The number of aliphatic hydroxyl groups is 2. The minimum Gasteiger partial charge on any atom is -0.450 e. The van der Waals surface area contributed by atoms with Gasteiger partial charge in [-0.1, -0.05) is 0 Å². The molecule has 0 aliphatic heterocycles. The van der Waals surface area contributed by atoms with E-state index in [0.717, 1.165) is 6.07 Å². The van der Waals surface area contributed by atoms with E-state index in [1.165, 1.54) is 12.1 Å². The number of rotatable bonds is 8. The fraction of sp³-hybridized carbons (Fsp3) is 0.500. The van der Waals surface area contributed by atoms with Gasteiger partial charge in [0.1, 0.15) is 5.75 Å². The van der Waals surface area contributed by atoms with Gasteiger partial charge in [-0.15, -0.1) is 0 Å². The Kier molecular flexibility index (Phi) is 6.50. The van der Waals surface area contributed by atoms with Crippen molar-refractivity contribution in [2.45, 2.75) is 12.5 Å². The molecule has 0 aliphatic rings. The van der Waals surface area contributed by atoms with E-state index in [4.69, 9.17) is 10.2 Å². The number of hydrogen-bond donors (Lipinski definition) is 4. The van der Waals surface area contributed by atoms with Crippen molar-refractivity contribution in [1.82, 2.24) is 0 Å². The molecule has 1 unspecified atom stereocenters. The minimum absolute atomic E-state index is 0.0583. The van der Waals surface area contributed by atoms with Crippen LogP contribution in [0.15, 0.2) is 18.2 Å². The molecular weight excluding hydrogens is 296 g/mol. The Bertz CT molecular complexity index is 443. The lowest BCUT2D eigenvalue weighted by molar-refractivity contribution is -0.236. The maximum absolute atomic E-state index is 12.9. The lowest BCUT2D eigenvalue weighted by Crippen LogP contribution is -2.30. The zero-order chi connectivity index (χ0) is 15.9. The van der Waals surface area contributed by atoms with Gasteiger partial charge in [-0.25, -0.2) is 0 Å². The SMILES string of the molecule is OCCNc1ccc(OC(F)C(F)(F)F)c(NCCO)c1. The first-order valence-corrected chi connectivity index (χ1v) is 6.09. The third kappa shape index (κ3) is 5.64. The zero-order valence-corrected chi connectivity index (χ0v) is 11.0. The Morgan fingerprint density at radius 3 is 2.29 bits per heavy atom. The number of hydrogen-bond acceptors (Lipinski definition) is 5. The maximum Gasteiger partial charge on any atom is 0.457 e. The van der Waals surface area contributed by atoms with Crippen molar-refractivity contribution in [2.24, 2.45) is 0 Å². The van der Waals surface area contributed by atoms with E-state index in [-0.39, 0.29) is 37.7 Å². The van der Waals surface area contributed by atoms with E-state index >= 15 is 0 Å². The molecule has 120 valence electrons. The monoisotopic (exact) mass is 312 g/mol. The van der Waals surface area contributed by atoms with Gasteiger partial charge < -0.3 is 25.6 Å². The Morgan fingerprint density at radius 1 is 1.10 bits per heavy atom. The second kappa shape index (κ2) is 7.89. The average Bonchev–Trinajstić information content (AvgIpc) is 2.43. The Labute approximate surface area is 118 Å². The first-order valence-electron chi connectivity index (χ1n) is 6.09. The van der Waals surface area contributed by atoms with Crippen LogP contribution in [0.1, 0.15) is 0 Å². The van der Waals surface area contributed by atoms with Crippen molar-refractivity contribution in [3.05, 3.63) is 18.2 Å². The molecule has 1 rings (SSSR count). The molecule has 0 saturated heterocycles.